The lowest BCUT2D eigenvalue weighted by Gasteiger charge is -2.32. The Morgan fingerprint density at radius 1 is 1.19 bits per heavy atom. The largest absolute Gasteiger partial charge is 0.417 e. The molecular weight excluding hydrogens is 557 g/mol. The number of nitrogens with one attached hydrogen (secondary N) is 2. The summed E-state index contributed by atoms with van der Waals surface area (Å²) in [7, 11) is 0. The van der Waals surface area contributed by atoms with E-state index in [1.165, 1.54) is 18.3 Å². The van der Waals surface area contributed by atoms with Gasteiger partial charge >= 0.3 is 12.4 Å². The third kappa shape index (κ3) is 4.89. The molecule has 1 amide bonds. The predicted molar refractivity (Wildman–Crippen MR) is 122 cm³/mol. The maximum Gasteiger partial charge on any atom is 0.417 e. The van der Waals surface area contributed by atoms with Crippen LogP contribution in [0.2, 0.25) is 10.0 Å². The number of carbonyl (C=O) groups excluding carboxylic acids is 1. The molecule has 2 N–H and O–H groups in total. The molecule has 1 aromatic carbocycles. The van der Waals surface area contributed by atoms with Crippen molar-refractivity contribution in [2.45, 2.75) is 30.2 Å². The maximum absolute atomic E-state index is 14.3. The molecule has 2 unspecified atom stereocenters. The number of hydrogen-bond acceptors (Lipinski definition) is 5. The molecule has 0 bridgehead atoms. The third-order valence-electron chi connectivity index (χ3n) is 5.81. The maximum atomic E-state index is 14.3. The number of halogens is 8. The summed E-state index contributed by atoms with van der Waals surface area (Å²) in [6.45, 7) is -0.808. The number of hydroxylamine groups is 1. The second-order valence-corrected chi connectivity index (χ2v) is 9.27. The van der Waals surface area contributed by atoms with E-state index in [0.717, 1.165) is 6.07 Å². The minimum Gasteiger partial charge on any atom is -0.361 e. The van der Waals surface area contributed by atoms with Gasteiger partial charge < -0.3 is 5.32 Å². The minimum atomic E-state index is -5.01. The smallest absolute Gasteiger partial charge is 0.361 e. The van der Waals surface area contributed by atoms with Crippen molar-refractivity contribution in [3.05, 3.63) is 62.9 Å². The number of nitrogens with zero attached hydrogens (tertiary/aromatic N) is 2. The first kappa shape index (κ1) is 26.6. The molecule has 0 aliphatic carbocycles. The quantitative estimate of drug-likeness (QED) is 0.408. The standard InChI is InChI=1S/C21H14Cl2F6N4O2S/c22-12-4-10(3-11(16(12)23)20(24,25)26)19(21(27,28)29)5-14(31-8-19)9-1-2-13(30-6-9)18(36)32-15-7-35-33-17(15)34/h1-4,6,15H,5,7-8H2,(H,32,36)(H,33,34). The van der Waals surface area contributed by atoms with Crippen molar-refractivity contribution in [2.75, 3.05) is 13.2 Å². The molecule has 192 valence electrons. The molecule has 2 aliphatic rings. The molecular formula is C21H14Cl2F6N4O2S. The van der Waals surface area contributed by atoms with Crippen molar-refractivity contribution in [3.63, 3.8) is 0 Å². The molecule has 1 aromatic heterocycles. The topological polar surface area (TPSA) is 75.6 Å². The number of thiocarbonyl (C=S) groups is 1. The molecule has 1 saturated heterocycles. The Bertz CT molecular complexity index is 1250. The fourth-order valence-electron chi connectivity index (χ4n) is 3.82. The van der Waals surface area contributed by atoms with Crippen LogP contribution < -0.4 is 10.8 Å². The second-order valence-electron chi connectivity index (χ2n) is 8.07. The lowest BCUT2D eigenvalue weighted by Crippen LogP contribution is -2.44. The van der Waals surface area contributed by atoms with E-state index in [-0.39, 0.29) is 28.6 Å². The molecule has 3 heterocycles. The SMILES string of the molecule is O=C1NOCC1NC(=S)c1ccc(C2=NCC(c3cc(Cl)c(Cl)c(C(F)(F)F)c3)(C(F)(F)F)C2)cn1. The molecule has 1 fully saturated rings. The van der Waals surface area contributed by atoms with Crippen LogP contribution in [0, 0.1) is 0 Å². The molecule has 0 radical (unpaired) electrons. The van der Waals surface area contributed by atoms with Crippen molar-refractivity contribution in [2.24, 2.45) is 4.99 Å². The van der Waals surface area contributed by atoms with Gasteiger partial charge in [-0.2, -0.15) is 26.3 Å². The highest BCUT2D eigenvalue weighted by atomic mass is 35.5. The van der Waals surface area contributed by atoms with Gasteiger partial charge in [0.2, 0.25) is 0 Å². The predicted octanol–water partition coefficient (Wildman–Crippen LogP) is 4.80. The Morgan fingerprint density at radius 3 is 2.47 bits per heavy atom. The average Bonchev–Trinajstić information content (AvgIpc) is 3.42. The number of rotatable bonds is 4. The highest BCUT2D eigenvalue weighted by Gasteiger charge is 2.59. The monoisotopic (exact) mass is 570 g/mol. The molecule has 0 spiro atoms. The van der Waals surface area contributed by atoms with E-state index in [9.17, 15) is 31.1 Å². The Balaban J connectivity index is 1.61. The molecule has 15 heteroatoms. The molecule has 4 rings (SSSR count). The zero-order chi connectivity index (χ0) is 26.5. The Labute approximate surface area is 215 Å². The third-order valence-corrected chi connectivity index (χ3v) is 6.94. The molecule has 2 atom stereocenters. The van der Waals surface area contributed by atoms with Gasteiger partial charge in [0.1, 0.15) is 23.1 Å². The first-order valence-electron chi connectivity index (χ1n) is 10.1. The van der Waals surface area contributed by atoms with Gasteiger partial charge in [-0.25, -0.2) is 5.48 Å². The van der Waals surface area contributed by atoms with Gasteiger partial charge in [-0.3, -0.25) is 19.6 Å². The zero-order valence-corrected chi connectivity index (χ0v) is 20.1. The van der Waals surface area contributed by atoms with Crippen LogP contribution in [0.4, 0.5) is 26.3 Å². The highest BCUT2D eigenvalue weighted by Crippen LogP contribution is 2.50. The summed E-state index contributed by atoms with van der Waals surface area (Å²) >= 11 is 16.6. The summed E-state index contributed by atoms with van der Waals surface area (Å²) < 4.78 is 83.2. The van der Waals surface area contributed by atoms with Crippen LogP contribution >= 0.6 is 35.4 Å². The lowest BCUT2D eigenvalue weighted by atomic mass is 9.76. The lowest BCUT2D eigenvalue weighted by molar-refractivity contribution is -0.184. The highest BCUT2D eigenvalue weighted by molar-refractivity contribution is 7.80. The van der Waals surface area contributed by atoms with Gasteiger partial charge in [-0.1, -0.05) is 35.4 Å². The minimum absolute atomic E-state index is 0.00606. The fraction of sp³-hybridized carbons (Fsp3) is 0.333. The van der Waals surface area contributed by atoms with Crippen molar-refractivity contribution in [1.29, 1.82) is 0 Å². The summed E-state index contributed by atoms with van der Waals surface area (Å²) in [5, 5.41) is 1.23. The van der Waals surface area contributed by atoms with E-state index >= 15 is 0 Å². The van der Waals surface area contributed by atoms with Gasteiger partial charge in [-0.15, -0.1) is 0 Å². The summed E-state index contributed by atoms with van der Waals surface area (Å²) in [5.74, 6) is -0.422. The van der Waals surface area contributed by atoms with Crippen LogP contribution in [0.3, 0.4) is 0 Å². The number of alkyl halides is 6. The summed E-state index contributed by atoms with van der Waals surface area (Å²) in [6.07, 6.45) is -9.46. The molecule has 2 aliphatic heterocycles. The van der Waals surface area contributed by atoms with Crippen LogP contribution in [0.1, 0.15) is 28.8 Å². The first-order chi connectivity index (χ1) is 16.7. The Morgan fingerprint density at radius 2 is 1.92 bits per heavy atom. The average molecular weight is 571 g/mol. The Kier molecular flexibility index (Phi) is 6.97. The first-order valence-corrected chi connectivity index (χ1v) is 11.2. The fourth-order valence-corrected chi connectivity index (χ4v) is 4.52. The van der Waals surface area contributed by atoms with Crippen LogP contribution in [0.15, 0.2) is 35.5 Å². The van der Waals surface area contributed by atoms with Gasteiger partial charge in [0.25, 0.3) is 5.91 Å². The van der Waals surface area contributed by atoms with E-state index in [1.807, 2.05) is 0 Å². The van der Waals surface area contributed by atoms with Gasteiger partial charge in [0.05, 0.1) is 27.8 Å². The van der Waals surface area contributed by atoms with Gasteiger partial charge in [0.15, 0.2) is 0 Å². The van der Waals surface area contributed by atoms with E-state index in [4.69, 9.17) is 40.3 Å². The van der Waals surface area contributed by atoms with Crippen molar-refractivity contribution < 1.29 is 36.0 Å². The Hall–Kier alpha value is -2.48. The molecule has 2 aromatic rings. The normalized spacial score (nSPS) is 22.4. The summed E-state index contributed by atoms with van der Waals surface area (Å²) in [6, 6.07) is 3.30. The van der Waals surface area contributed by atoms with Gasteiger partial charge in [-0.05, 0) is 29.8 Å². The van der Waals surface area contributed by atoms with E-state index in [1.54, 1.807) is 0 Å². The van der Waals surface area contributed by atoms with E-state index in [0.29, 0.717) is 6.07 Å². The summed E-state index contributed by atoms with van der Waals surface area (Å²) in [5.41, 5.74) is -2.28. The number of pyridine rings is 1. The van der Waals surface area contributed by atoms with Crippen molar-refractivity contribution >= 4 is 52.0 Å². The number of amides is 1. The molecule has 6 nitrogen and oxygen atoms in total. The number of carbonyl (C=O) groups is 1. The van der Waals surface area contributed by atoms with Crippen LogP contribution in [0.25, 0.3) is 0 Å². The number of hydrogen-bond donors (Lipinski definition) is 2. The van der Waals surface area contributed by atoms with Crippen LogP contribution in [-0.4, -0.2) is 47.0 Å². The summed E-state index contributed by atoms with van der Waals surface area (Å²) in [4.78, 5) is 24.6. The molecule has 36 heavy (non-hydrogen) atoms. The van der Waals surface area contributed by atoms with E-state index < -0.39 is 63.9 Å². The number of aromatic nitrogens is 1. The van der Waals surface area contributed by atoms with Crippen LogP contribution in [-0.2, 0) is 21.2 Å². The van der Waals surface area contributed by atoms with Crippen molar-refractivity contribution in [3.8, 4) is 0 Å². The number of aliphatic imine (C=N–C) groups is 1. The second kappa shape index (κ2) is 9.43. The molecule has 0 saturated carbocycles. The van der Waals surface area contributed by atoms with E-state index in [2.05, 4.69) is 20.8 Å². The van der Waals surface area contributed by atoms with Gasteiger partial charge in [0, 0.05) is 23.9 Å². The number of benzene rings is 1. The van der Waals surface area contributed by atoms with Crippen molar-refractivity contribution in [1.82, 2.24) is 15.8 Å². The zero-order valence-electron chi connectivity index (χ0n) is 17.7. The van der Waals surface area contributed by atoms with Crippen LogP contribution in [0.5, 0.6) is 0 Å².